The zero-order chi connectivity index (χ0) is 14.4. The summed E-state index contributed by atoms with van der Waals surface area (Å²) in [5.41, 5.74) is 2.05. The summed E-state index contributed by atoms with van der Waals surface area (Å²) in [5, 5.41) is 12.4. The molecule has 7 heteroatoms. The lowest BCUT2D eigenvalue weighted by Gasteiger charge is -2.02. The Hall–Kier alpha value is -1.70. The van der Waals surface area contributed by atoms with Crippen LogP contribution in [-0.4, -0.2) is 30.5 Å². The van der Waals surface area contributed by atoms with Crippen LogP contribution in [0.1, 0.15) is 12.0 Å². The maximum absolute atomic E-state index is 10.8. The topological polar surface area (TPSA) is 90.0 Å². The van der Waals surface area contributed by atoms with Crippen molar-refractivity contribution in [3.8, 4) is 5.69 Å². The summed E-state index contributed by atoms with van der Waals surface area (Å²) < 4.78 is 23.3. The molecule has 0 aliphatic rings. The summed E-state index contributed by atoms with van der Waals surface area (Å²) in [5.74, 6) is 0.00325. The molecule has 0 bridgehead atoms. The van der Waals surface area contributed by atoms with E-state index in [4.69, 9.17) is 5.14 Å². The van der Waals surface area contributed by atoms with Crippen LogP contribution in [0.2, 0.25) is 0 Å². The standard InChI is InChI=1S/C13H18N4O2S/c14-20(18,19)8-4-7-15-9-12-10-16-17(11-12)13-5-2-1-3-6-13/h1-3,5-6,10-11,15H,4,7-9H2,(H2,14,18,19). The summed E-state index contributed by atoms with van der Waals surface area (Å²) in [4.78, 5) is 0. The number of rotatable bonds is 7. The minimum Gasteiger partial charge on any atom is -0.313 e. The van der Waals surface area contributed by atoms with Crippen molar-refractivity contribution in [2.75, 3.05) is 12.3 Å². The van der Waals surface area contributed by atoms with Gasteiger partial charge in [0.25, 0.3) is 0 Å². The Balaban J connectivity index is 1.79. The van der Waals surface area contributed by atoms with Crippen LogP contribution >= 0.6 is 0 Å². The summed E-state index contributed by atoms with van der Waals surface area (Å²) in [7, 11) is -3.36. The third-order valence-electron chi connectivity index (χ3n) is 2.77. The van der Waals surface area contributed by atoms with Crippen molar-refractivity contribution in [3.05, 3.63) is 48.3 Å². The normalized spacial score (nSPS) is 11.7. The van der Waals surface area contributed by atoms with Gasteiger partial charge in [-0.05, 0) is 25.1 Å². The smallest absolute Gasteiger partial charge is 0.209 e. The van der Waals surface area contributed by atoms with E-state index in [-0.39, 0.29) is 5.75 Å². The number of primary sulfonamides is 1. The molecule has 2 rings (SSSR count). The average molecular weight is 294 g/mol. The maximum atomic E-state index is 10.8. The Morgan fingerprint density at radius 3 is 2.70 bits per heavy atom. The number of nitrogens with one attached hydrogen (secondary N) is 1. The predicted octanol–water partition coefficient (Wildman–Crippen LogP) is 0.641. The Bertz CT molecular complexity index is 637. The van der Waals surface area contributed by atoms with Crippen LogP contribution in [0.15, 0.2) is 42.7 Å². The fourth-order valence-electron chi connectivity index (χ4n) is 1.80. The van der Waals surface area contributed by atoms with E-state index in [0.29, 0.717) is 19.5 Å². The van der Waals surface area contributed by atoms with Gasteiger partial charge in [-0.15, -0.1) is 0 Å². The Morgan fingerprint density at radius 2 is 2.00 bits per heavy atom. The summed E-state index contributed by atoms with van der Waals surface area (Å²) in [6.07, 6.45) is 4.24. The highest BCUT2D eigenvalue weighted by atomic mass is 32.2. The zero-order valence-electron chi connectivity index (χ0n) is 11.1. The van der Waals surface area contributed by atoms with Crippen molar-refractivity contribution in [1.82, 2.24) is 15.1 Å². The number of aromatic nitrogens is 2. The summed E-state index contributed by atoms with van der Waals surface area (Å²) in [6, 6.07) is 9.85. The van der Waals surface area contributed by atoms with Crippen LogP contribution in [-0.2, 0) is 16.6 Å². The van der Waals surface area contributed by atoms with Gasteiger partial charge in [-0.3, -0.25) is 0 Å². The van der Waals surface area contributed by atoms with E-state index < -0.39 is 10.0 Å². The van der Waals surface area contributed by atoms with Gasteiger partial charge in [-0.25, -0.2) is 18.2 Å². The van der Waals surface area contributed by atoms with Crippen LogP contribution in [0.25, 0.3) is 5.69 Å². The van der Waals surface area contributed by atoms with E-state index in [1.54, 1.807) is 10.9 Å². The molecular weight excluding hydrogens is 276 g/mol. The number of sulfonamides is 1. The highest BCUT2D eigenvalue weighted by Gasteiger charge is 2.02. The molecule has 2 aromatic rings. The largest absolute Gasteiger partial charge is 0.313 e. The highest BCUT2D eigenvalue weighted by molar-refractivity contribution is 7.89. The minimum atomic E-state index is -3.36. The average Bonchev–Trinajstić information content (AvgIpc) is 2.87. The van der Waals surface area contributed by atoms with Gasteiger partial charge in [0.1, 0.15) is 0 Å². The number of para-hydroxylation sites is 1. The van der Waals surface area contributed by atoms with Crippen LogP contribution in [0.3, 0.4) is 0 Å². The molecule has 0 fully saturated rings. The molecule has 0 amide bonds. The molecular formula is C13H18N4O2S. The Kier molecular flexibility index (Phi) is 4.89. The predicted molar refractivity (Wildman–Crippen MR) is 77.9 cm³/mol. The van der Waals surface area contributed by atoms with Crippen molar-refractivity contribution < 1.29 is 8.42 Å². The monoisotopic (exact) mass is 294 g/mol. The number of hydrogen-bond acceptors (Lipinski definition) is 4. The van der Waals surface area contributed by atoms with Gasteiger partial charge >= 0.3 is 0 Å². The molecule has 0 aliphatic carbocycles. The van der Waals surface area contributed by atoms with Gasteiger partial charge in [-0.1, -0.05) is 18.2 Å². The van der Waals surface area contributed by atoms with Crippen LogP contribution in [0.4, 0.5) is 0 Å². The van der Waals surface area contributed by atoms with E-state index >= 15 is 0 Å². The molecule has 0 unspecified atom stereocenters. The second-order valence-electron chi connectivity index (χ2n) is 4.53. The highest BCUT2D eigenvalue weighted by Crippen LogP contribution is 2.07. The van der Waals surface area contributed by atoms with Gasteiger partial charge in [0, 0.05) is 18.3 Å². The van der Waals surface area contributed by atoms with Crippen molar-refractivity contribution in [2.45, 2.75) is 13.0 Å². The van der Waals surface area contributed by atoms with Gasteiger partial charge in [-0.2, -0.15) is 5.10 Å². The Morgan fingerprint density at radius 1 is 1.25 bits per heavy atom. The van der Waals surface area contributed by atoms with E-state index in [1.807, 2.05) is 36.5 Å². The van der Waals surface area contributed by atoms with E-state index in [9.17, 15) is 8.42 Å². The number of hydrogen-bond donors (Lipinski definition) is 2. The van der Waals surface area contributed by atoms with Gasteiger partial charge in [0.05, 0.1) is 17.6 Å². The van der Waals surface area contributed by atoms with Crippen LogP contribution in [0.5, 0.6) is 0 Å². The van der Waals surface area contributed by atoms with Crippen molar-refractivity contribution in [1.29, 1.82) is 0 Å². The van der Waals surface area contributed by atoms with Crippen LogP contribution < -0.4 is 10.5 Å². The maximum Gasteiger partial charge on any atom is 0.209 e. The van der Waals surface area contributed by atoms with Crippen molar-refractivity contribution in [2.24, 2.45) is 5.14 Å². The van der Waals surface area contributed by atoms with E-state index in [0.717, 1.165) is 11.3 Å². The molecule has 1 aromatic carbocycles. The minimum absolute atomic E-state index is 0.00325. The summed E-state index contributed by atoms with van der Waals surface area (Å²) >= 11 is 0. The third-order valence-corrected chi connectivity index (χ3v) is 3.63. The lowest BCUT2D eigenvalue weighted by atomic mass is 10.3. The fourth-order valence-corrected chi connectivity index (χ4v) is 2.35. The lowest BCUT2D eigenvalue weighted by Crippen LogP contribution is -2.21. The van der Waals surface area contributed by atoms with E-state index in [2.05, 4.69) is 10.4 Å². The van der Waals surface area contributed by atoms with Gasteiger partial charge in [0.15, 0.2) is 0 Å². The number of benzene rings is 1. The molecule has 0 aliphatic heterocycles. The molecule has 108 valence electrons. The Labute approximate surface area is 118 Å². The lowest BCUT2D eigenvalue weighted by molar-refractivity contribution is 0.590. The molecule has 0 atom stereocenters. The molecule has 3 N–H and O–H groups in total. The summed E-state index contributed by atoms with van der Waals surface area (Å²) in [6.45, 7) is 1.25. The molecule has 0 spiro atoms. The van der Waals surface area contributed by atoms with Gasteiger partial charge in [0.2, 0.25) is 10.0 Å². The van der Waals surface area contributed by atoms with E-state index in [1.165, 1.54) is 0 Å². The third kappa shape index (κ3) is 4.76. The van der Waals surface area contributed by atoms with Gasteiger partial charge < -0.3 is 5.32 Å². The quantitative estimate of drug-likeness (QED) is 0.733. The molecule has 20 heavy (non-hydrogen) atoms. The first-order valence-electron chi connectivity index (χ1n) is 6.35. The first kappa shape index (κ1) is 14.7. The van der Waals surface area contributed by atoms with Crippen LogP contribution in [0, 0.1) is 0 Å². The van der Waals surface area contributed by atoms with Crippen molar-refractivity contribution in [3.63, 3.8) is 0 Å². The first-order valence-corrected chi connectivity index (χ1v) is 8.06. The zero-order valence-corrected chi connectivity index (χ0v) is 11.9. The number of nitrogens with zero attached hydrogens (tertiary/aromatic N) is 2. The molecule has 0 saturated heterocycles. The molecule has 6 nitrogen and oxygen atoms in total. The molecule has 1 heterocycles. The molecule has 1 aromatic heterocycles. The first-order chi connectivity index (χ1) is 9.54. The molecule has 0 saturated carbocycles. The SMILES string of the molecule is NS(=O)(=O)CCCNCc1cnn(-c2ccccc2)c1. The van der Waals surface area contributed by atoms with Crippen molar-refractivity contribution >= 4 is 10.0 Å². The number of nitrogens with two attached hydrogens (primary N) is 1. The molecule has 0 radical (unpaired) electrons. The second kappa shape index (κ2) is 6.65. The fraction of sp³-hybridized carbons (Fsp3) is 0.308. The second-order valence-corrected chi connectivity index (χ2v) is 6.26.